The molecule has 0 aliphatic rings. The zero-order valence-corrected chi connectivity index (χ0v) is 18.3. The van der Waals surface area contributed by atoms with E-state index in [9.17, 15) is 14.4 Å². The van der Waals surface area contributed by atoms with E-state index in [1.165, 1.54) is 61.3 Å². The number of carbonyl (C=O) groups excluding carboxylic acids is 3. The quantitative estimate of drug-likeness (QED) is 0.301. The summed E-state index contributed by atoms with van der Waals surface area (Å²) in [4.78, 5) is 35.9. The fourth-order valence-corrected chi connectivity index (χ4v) is 2.57. The Kier molecular flexibility index (Phi) is 13.2. The van der Waals surface area contributed by atoms with Crippen LogP contribution in [-0.4, -0.2) is 109 Å². The lowest BCUT2D eigenvalue weighted by Crippen LogP contribution is -2.55. The summed E-state index contributed by atoms with van der Waals surface area (Å²) < 4.78 is 37.4. The molecule has 11 nitrogen and oxygen atoms in total. The summed E-state index contributed by atoms with van der Waals surface area (Å²) in [5.41, 5.74) is 0. The van der Waals surface area contributed by atoms with Gasteiger partial charge in [-0.2, -0.15) is 0 Å². The average molecular weight is 423 g/mol. The molecule has 0 heterocycles. The molecule has 0 aliphatic heterocycles. The smallest absolute Gasteiger partial charge is 0.409 e. The van der Waals surface area contributed by atoms with E-state index in [0.29, 0.717) is 0 Å². The molecular formula is C18H33NO10. The number of hydrogen-bond donors (Lipinski definition) is 0. The molecule has 0 radical (unpaired) electrons. The Bertz CT molecular complexity index is 513. The van der Waals surface area contributed by atoms with Crippen molar-refractivity contribution < 1.29 is 47.5 Å². The SMILES string of the molecule is COC(COC(C)=O)C(OC)C(OC)C(OC(C)=O)C(COC(=O)N(C)C)OC. The molecular weight excluding hydrogens is 390 g/mol. The maximum Gasteiger partial charge on any atom is 0.409 e. The van der Waals surface area contributed by atoms with Crippen LogP contribution in [0.3, 0.4) is 0 Å². The Balaban J connectivity index is 5.66. The number of hydrogen-bond acceptors (Lipinski definition) is 10. The molecule has 5 unspecified atom stereocenters. The molecule has 11 heteroatoms. The summed E-state index contributed by atoms with van der Waals surface area (Å²) in [7, 11) is 8.67. The monoisotopic (exact) mass is 423 g/mol. The third kappa shape index (κ3) is 9.39. The van der Waals surface area contributed by atoms with Gasteiger partial charge in [-0.15, -0.1) is 0 Å². The number of amides is 1. The van der Waals surface area contributed by atoms with Crippen molar-refractivity contribution in [1.82, 2.24) is 4.90 Å². The molecule has 5 atom stereocenters. The van der Waals surface area contributed by atoms with Gasteiger partial charge in [-0.1, -0.05) is 0 Å². The van der Waals surface area contributed by atoms with Crippen LogP contribution in [0, 0.1) is 0 Å². The zero-order valence-electron chi connectivity index (χ0n) is 18.3. The summed E-state index contributed by atoms with van der Waals surface area (Å²) in [6, 6.07) is 0. The molecule has 0 spiro atoms. The Morgan fingerprint density at radius 3 is 1.55 bits per heavy atom. The zero-order chi connectivity index (χ0) is 22.6. The van der Waals surface area contributed by atoms with Gasteiger partial charge in [0.05, 0.1) is 0 Å². The summed E-state index contributed by atoms with van der Waals surface area (Å²) >= 11 is 0. The molecule has 170 valence electrons. The van der Waals surface area contributed by atoms with E-state index in [0.717, 1.165) is 0 Å². The molecule has 0 saturated heterocycles. The largest absolute Gasteiger partial charge is 0.463 e. The highest BCUT2D eigenvalue weighted by Crippen LogP contribution is 2.21. The molecule has 0 N–H and O–H groups in total. The predicted octanol–water partition coefficient (Wildman–Crippen LogP) is 0.239. The van der Waals surface area contributed by atoms with Crippen LogP contribution in [0.4, 0.5) is 4.79 Å². The van der Waals surface area contributed by atoms with Gasteiger partial charge in [-0.25, -0.2) is 4.79 Å². The lowest BCUT2D eigenvalue weighted by molar-refractivity contribution is -0.198. The first-order chi connectivity index (χ1) is 13.6. The van der Waals surface area contributed by atoms with E-state index < -0.39 is 48.6 Å². The maximum absolute atomic E-state index is 11.8. The normalized spacial score (nSPS) is 16.1. The average Bonchev–Trinajstić information content (AvgIpc) is 2.66. The van der Waals surface area contributed by atoms with E-state index in [-0.39, 0.29) is 13.2 Å². The molecule has 0 aromatic rings. The van der Waals surface area contributed by atoms with Crippen molar-refractivity contribution in [1.29, 1.82) is 0 Å². The standard InChI is InChI=1S/C18H33NO10/c1-11(20)27-9-13(23-5)15(25-7)17(26-8)16(29-12(2)21)14(24-6)10-28-18(22)19(3)4/h13-17H,9-10H2,1-8H3. The Labute approximate surface area is 171 Å². The van der Waals surface area contributed by atoms with Gasteiger partial charge in [-0.05, 0) is 0 Å². The number of carbonyl (C=O) groups is 3. The van der Waals surface area contributed by atoms with Gasteiger partial charge in [0, 0.05) is 56.4 Å². The Morgan fingerprint density at radius 1 is 0.690 bits per heavy atom. The first-order valence-corrected chi connectivity index (χ1v) is 8.88. The molecule has 0 aromatic heterocycles. The first-order valence-electron chi connectivity index (χ1n) is 8.88. The molecule has 0 aliphatic carbocycles. The van der Waals surface area contributed by atoms with Gasteiger partial charge in [0.1, 0.15) is 37.6 Å². The highest BCUT2D eigenvalue weighted by Gasteiger charge is 2.42. The second kappa shape index (κ2) is 14.1. The van der Waals surface area contributed by atoms with Crippen molar-refractivity contribution in [3.63, 3.8) is 0 Å². The number of methoxy groups -OCH3 is 4. The van der Waals surface area contributed by atoms with Gasteiger partial charge in [0.15, 0.2) is 6.10 Å². The van der Waals surface area contributed by atoms with Crippen molar-refractivity contribution in [3.05, 3.63) is 0 Å². The fraction of sp³-hybridized carbons (Fsp3) is 0.833. The van der Waals surface area contributed by atoms with Gasteiger partial charge in [0.25, 0.3) is 0 Å². The van der Waals surface area contributed by atoms with Crippen LogP contribution in [0.1, 0.15) is 13.8 Å². The minimum Gasteiger partial charge on any atom is -0.463 e. The molecule has 29 heavy (non-hydrogen) atoms. The van der Waals surface area contributed by atoms with Crippen molar-refractivity contribution in [2.24, 2.45) is 0 Å². The van der Waals surface area contributed by atoms with Crippen LogP contribution in [0.15, 0.2) is 0 Å². The third-order valence-corrected chi connectivity index (χ3v) is 4.02. The number of esters is 2. The van der Waals surface area contributed by atoms with E-state index in [1.54, 1.807) is 0 Å². The van der Waals surface area contributed by atoms with Gasteiger partial charge >= 0.3 is 18.0 Å². The topological polar surface area (TPSA) is 119 Å². The van der Waals surface area contributed by atoms with Crippen LogP contribution >= 0.6 is 0 Å². The Morgan fingerprint density at radius 2 is 1.17 bits per heavy atom. The van der Waals surface area contributed by atoms with E-state index in [4.69, 9.17) is 33.2 Å². The number of ether oxygens (including phenoxy) is 7. The summed E-state index contributed by atoms with van der Waals surface area (Å²) in [6.07, 6.45) is -4.90. The van der Waals surface area contributed by atoms with E-state index in [1.807, 2.05) is 0 Å². The molecule has 0 bridgehead atoms. The second-order valence-electron chi connectivity index (χ2n) is 6.30. The minimum atomic E-state index is -1.02. The van der Waals surface area contributed by atoms with Crippen LogP contribution in [0.5, 0.6) is 0 Å². The van der Waals surface area contributed by atoms with E-state index >= 15 is 0 Å². The van der Waals surface area contributed by atoms with Crippen LogP contribution < -0.4 is 0 Å². The van der Waals surface area contributed by atoms with Crippen molar-refractivity contribution >= 4 is 18.0 Å². The van der Waals surface area contributed by atoms with Gasteiger partial charge in [0.2, 0.25) is 0 Å². The minimum absolute atomic E-state index is 0.107. The van der Waals surface area contributed by atoms with Gasteiger partial charge in [-0.3, -0.25) is 9.59 Å². The fourth-order valence-electron chi connectivity index (χ4n) is 2.57. The highest BCUT2D eigenvalue weighted by molar-refractivity contribution is 5.67. The number of nitrogens with zero attached hydrogens (tertiary/aromatic N) is 1. The summed E-state index contributed by atoms with van der Waals surface area (Å²) in [5.74, 6) is -1.08. The highest BCUT2D eigenvalue weighted by atomic mass is 16.6. The molecule has 0 aromatic carbocycles. The maximum atomic E-state index is 11.8. The van der Waals surface area contributed by atoms with E-state index in [2.05, 4.69) is 0 Å². The summed E-state index contributed by atoms with van der Waals surface area (Å²) in [5, 5.41) is 0. The molecule has 0 rings (SSSR count). The van der Waals surface area contributed by atoms with Crippen LogP contribution in [0.25, 0.3) is 0 Å². The van der Waals surface area contributed by atoms with Crippen LogP contribution in [0.2, 0.25) is 0 Å². The third-order valence-electron chi connectivity index (χ3n) is 4.02. The summed E-state index contributed by atoms with van der Waals surface area (Å²) in [6.45, 7) is 2.18. The molecule has 1 amide bonds. The Hall–Kier alpha value is -1.95. The first kappa shape index (κ1) is 27.0. The van der Waals surface area contributed by atoms with Crippen molar-refractivity contribution in [3.8, 4) is 0 Å². The lowest BCUT2D eigenvalue weighted by Gasteiger charge is -2.37. The van der Waals surface area contributed by atoms with Crippen molar-refractivity contribution in [2.45, 2.75) is 44.4 Å². The van der Waals surface area contributed by atoms with Crippen molar-refractivity contribution in [2.75, 3.05) is 55.7 Å². The molecule has 0 saturated carbocycles. The van der Waals surface area contributed by atoms with Crippen LogP contribution in [-0.2, 0) is 42.7 Å². The molecule has 0 fully saturated rings. The lowest BCUT2D eigenvalue weighted by atomic mass is 9.98. The predicted molar refractivity (Wildman–Crippen MR) is 100 cm³/mol. The number of rotatable bonds is 13. The van der Waals surface area contributed by atoms with Gasteiger partial charge < -0.3 is 38.1 Å². The second-order valence-corrected chi connectivity index (χ2v) is 6.30.